The quantitative estimate of drug-likeness (QED) is 0.0648. The minimum atomic E-state index is 0.362. The number of para-hydroxylation sites is 1. The number of ether oxygens (including phenoxy) is 1. The first kappa shape index (κ1) is 30.2. The van der Waals surface area contributed by atoms with Gasteiger partial charge in [-0.1, -0.05) is 12.1 Å². The number of hydrogen-bond donors (Lipinski definition) is 4. The van der Waals surface area contributed by atoms with Crippen molar-refractivity contribution in [2.45, 2.75) is 19.9 Å². The Morgan fingerprint density at radius 3 is 2.54 bits per heavy atom. The van der Waals surface area contributed by atoms with Crippen LogP contribution in [0.25, 0.3) is 11.2 Å². The van der Waals surface area contributed by atoms with Crippen LogP contribution >= 0.6 is 28.4 Å². The smallest absolute Gasteiger partial charge is 0.168 e. The van der Waals surface area contributed by atoms with Crippen molar-refractivity contribution in [1.29, 1.82) is 5.26 Å². The van der Waals surface area contributed by atoms with Crippen LogP contribution < -0.4 is 31.8 Å². The lowest BCUT2D eigenvalue weighted by molar-refractivity contribution is 0.375. The zero-order valence-electron chi connectivity index (χ0n) is 23.0. The van der Waals surface area contributed by atoms with E-state index in [0.717, 1.165) is 64.2 Å². The first-order chi connectivity index (χ1) is 19.8. The molecule has 15 heteroatoms. The molecule has 0 saturated carbocycles. The number of aryl methyl sites for hydroxylation is 1. The van der Waals surface area contributed by atoms with E-state index in [1.165, 1.54) is 0 Å². The van der Waals surface area contributed by atoms with E-state index in [0.29, 0.717) is 36.0 Å². The molecule has 214 valence electrons. The number of anilines is 5. The molecule has 1 aliphatic heterocycles. The minimum absolute atomic E-state index is 0.362. The topological polar surface area (TPSA) is 172 Å². The number of methoxy groups -OCH3 is 1. The van der Waals surface area contributed by atoms with Crippen LogP contribution in [0.1, 0.15) is 23.5 Å². The fourth-order valence-corrected chi connectivity index (χ4v) is 6.33. The van der Waals surface area contributed by atoms with Gasteiger partial charge in [-0.05, 0) is 53.6 Å². The highest BCUT2D eigenvalue weighted by atomic mass is 127. The summed E-state index contributed by atoms with van der Waals surface area (Å²) in [5, 5.41) is 20.8. The second-order valence-corrected chi connectivity index (χ2v) is 11.1. The number of rotatable bonds is 9. The van der Waals surface area contributed by atoms with E-state index < -0.39 is 0 Å². The van der Waals surface area contributed by atoms with Gasteiger partial charge in [0.15, 0.2) is 11.3 Å². The average Bonchev–Trinajstić information content (AvgIpc) is 3.27. The maximum atomic E-state index is 9.67. The first-order valence-corrected chi connectivity index (χ1v) is 16.7. The number of fused-ring (bicyclic) bond motifs is 1. The predicted molar refractivity (Wildman–Crippen MR) is 175 cm³/mol. The van der Waals surface area contributed by atoms with Crippen LogP contribution in [0.15, 0.2) is 41.5 Å². The molecule has 0 spiro atoms. The number of nitrogens with zero attached hydrogens (tertiary/aromatic N) is 8. The number of benzene rings is 1. The fourth-order valence-electron chi connectivity index (χ4n) is 4.19. The van der Waals surface area contributed by atoms with Crippen LogP contribution in [0.5, 0.6) is 5.75 Å². The minimum Gasteiger partial charge on any atom is -0.494 e. The Morgan fingerprint density at radius 2 is 1.95 bits per heavy atom. The summed E-state index contributed by atoms with van der Waals surface area (Å²) in [6, 6.07) is 13.8. The summed E-state index contributed by atoms with van der Waals surface area (Å²) in [6.45, 7) is 7.34. The monoisotopic (exact) mass is 686 g/mol. The Hall–Kier alpha value is -3.77. The first-order valence-electron chi connectivity index (χ1n) is 12.6. The van der Waals surface area contributed by atoms with Crippen LogP contribution in [0, 0.1) is 18.3 Å². The van der Waals surface area contributed by atoms with Crippen molar-refractivity contribution < 1.29 is 4.74 Å². The Balaban J connectivity index is 0.000000714. The molecule has 0 radical (unpaired) electrons. The van der Waals surface area contributed by atoms with E-state index in [-0.39, 0.29) is 0 Å². The predicted octanol–water partition coefficient (Wildman–Crippen LogP) is 4.37. The summed E-state index contributed by atoms with van der Waals surface area (Å²) in [5.41, 5.74) is 11.1. The lowest BCUT2D eigenvalue weighted by Crippen LogP contribution is -2.37. The van der Waals surface area contributed by atoms with Crippen LogP contribution in [0.4, 0.5) is 28.7 Å². The zero-order valence-corrected chi connectivity index (χ0v) is 26.2. The van der Waals surface area contributed by atoms with Crippen molar-refractivity contribution in [3.8, 4) is 11.8 Å². The number of hydrazone groups is 1. The lowest BCUT2D eigenvalue weighted by atomic mass is 10.1. The molecule has 3 aromatic heterocycles. The molecular formula is C26H32IN12OP. The molecule has 41 heavy (non-hydrogen) atoms. The van der Waals surface area contributed by atoms with E-state index >= 15 is 0 Å². The SMILES string of the molecule is C=NN(C)N.COc1c(CN)cccc1Nc1cc(Nc2ccc(N3CCC3)c(C#N)n2)nc2c1nc(C)n2PI. The molecule has 6 N–H and O–H groups in total. The highest BCUT2D eigenvalue weighted by Gasteiger charge is 2.20. The van der Waals surface area contributed by atoms with Gasteiger partial charge in [0.1, 0.15) is 34.8 Å². The van der Waals surface area contributed by atoms with Gasteiger partial charge in [0.05, 0.1) is 30.5 Å². The van der Waals surface area contributed by atoms with Crippen molar-refractivity contribution in [3.05, 3.63) is 53.5 Å². The molecule has 1 fully saturated rings. The molecule has 1 unspecified atom stereocenters. The van der Waals surface area contributed by atoms with Crippen molar-refractivity contribution in [2.24, 2.45) is 16.7 Å². The van der Waals surface area contributed by atoms with Gasteiger partial charge in [0.2, 0.25) is 0 Å². The summed E-state index contributed by atoms with van der Waals surface area (Å²) in [7, 11) is 3.24. The molecular weight excluding hydrogens is 654 g/mol. The third-order valence-electron chi connectivity index (χ3n) is 6.31. The number of halogens is 1. The summed E-state index contributed by atoms with van der Waals surface area (Å²) in [6.07, 6.45) is 1.56. The highest BCUT2D eigenvalue weighted by Crippen LogP contribution is 2.38. The third-order valence-corrected chi connectivity index (χ3v) is 8.47. The number of pyridine rings is 2. The van der Waals surface area contributed by atoms with Crippen LogP contribution in [0.3, 0.4) is 0 Å². The highest BCUT2D eigenvalue weighted by molar-refractivity contribution is 14.2. The number of aromatic nitrogens is 4. The second kappa shape index (κ2) is 13.7. The van der Waals surface area contributed by atoms with Gasteiger partial charge in [0, 0.05) is 45.0 Å². The number of nitriles is 1. The van der Waals surface area contributed by atoms with E-state index in [1.54, 1.807) is 14.2 Å². The van der Waals surface area contributed by atoms with Gasteiger partial charge in [0.25, 0.3) is 0 Å². The van der Waals surface area contributed by atoms with Crippen LogP contribution in [-0.2, 0) is 6.54 Å². The van der Waals surface area contributed by atoms with Crippen LogP contribution in [0.2, 0.25) is 0 Å². The molecule has 4 heterocycles. The second-order valence-electron chi connectivity index (χ2n) is 8.99. The van der Waals surface area contributed by atoms with Crippen LogP contribution in [-0.4, -0.2) is 58.4 Å². The number of hydrogen-bond acceptors (Lipinski definition) is 12. The molecule has 4 aromatic rings. The Morgan fingerprint density at radius 1 is 1.20 bits per heavy atom. The average molecular weight is 687 g/mol. The maximum absolute atomic E-state index is 9.67. The van der Waals surface area contributed by atoms with Crippen molar-refractivity contribution in [3.63, 3.8) is 0 Å². The van der Waals surface area contributed by atoms with Gasteiger partial charge in [-0.2, -0.15) is 10.4 Å². The molecule has 1 saturated heterocycles. The van der Waals surface area contributed by atoms with E-state index in [4.69, 9.17) is 26.3 Å². The molecule has 1 aliphatic rings. The van der Waals surface area contributed by atoms with Gasteiger partial charge in [-0.3, -0.25) is 4.34 Å². The van der Waals surface area contributed by atoms with Gasteiger partial charge in [-0.25, -0.2) is 25.9 Å². The van der Waals surface area contributed by atoms with E-state index in [9.17, 15) is 5.26 Å². The van der Waals surface area contributed by atoms with Gasteiger partial charge >= 0.3 is 0 Å². The lowest BCUT2D eigenvalue weighted by Gasteiger charge is -2.33. The number of hydrazine groups is 1. The standard InChI is InChI=1S/C24H25IN9OP.C2H7N3/c1-14-28-22-17(29-16-6-3-5-15(12-26)23(16)35-2)11-21(32-24(22)34(14)36-25)31-20-8-7-19(18(13-27)30-20)33-9-4-10-33;1-4-5(2)3/h3,5-8,11,36H,4,9-10,12,26H2,1-2H3,(H2,29,30,31,32);1,3H2,2H3. The summed E-state index contributed by atoms with van der Waals surface area (Å²) in [4.78, 5) is 16.3. The van der Waals surface area contributed by atoms with E-state index in [2.05, 4.69) is 64.8 Å². The van der Waals surface area contributed by atoms with Crippen molar-refractivity contribution in [1.82, 2.24) is 24.4 Å². The Bertz CT molecular complexity index is 1580. The number of nitrogens with two attached hydrogens (primary N) is 2. The molecule has 13 nitrogen and oxygen atoms in total. The van der Waals surface area contributed by atoms with Gasteiger partial charge < -0.3 is 26.0 Å². The summed E-state index contributed by atoms with van der Waals surface area (Å²) in [5.74, 6) is 7.59. The molecule has 0 aliphatic carbocycles. The number of imidazole rings is 1. The number of nitrogens with one attached hydrogen (secondary N) is 2. The molecule has 0 bridgehead atoms. The summed E-state index contributed by atoms with van der Waals surface area (Å²) < 4.78 is 7.72. The van der Waals surface area contributed by atoms with Gasteiger partial charge in [-0.15, -0.1) is 0 Å². The fraction of sp³-hybridized carbons (Fsp3) is 0.269. The normalized spacial score (nSPS) is 12.4. The largest absolute Gasteiger partial charge is 0.494 e. The van der Waals surface area contributed by atoms with E-state index in [1.807, 2.05) is 43.3 Å². The Kier molecular flexibility index (Phi) is 10.1. The zero-order chi connectivity index (χ0) is 29.5. The van der Waals surface area contributed by atoms with Crippen molar-refractivity contribution >= 4 is 75.0 Å². The third kappa shape index (κ3) is 6.76. The molecule has 1 aromatic carbocycles. The molecule has 1 atom stereocenters. The Labute approximate surface area is 253 Å². The summed E-state index contributed by atoms with van der Waals surface area (Å²) >= 11 is 2.33. The molecule has 5 rings (SSSR count). The molecule has 0 amide bonds. The van der Waals surface area contributed by atoms with Crippen molar-refractivity contribution in [2.75, 3.05) is 42.8 Å². The maximum Gasteiger partial charge on any atom is 0.168 e.